The average Bonchev–Trinajstić information content (AvgIpc) is 2.39. The highest BCUT2D eigenvalue weighted by molar-refractivity contribution is 9.10. The molecule has 2 rings (SSSR count). The minimum Gasteiger partial charge on any atom is -0.330 e. The lowest BCUT2D eigenvalue weighted by Crippen LogP contribution is -2.44. The van der Waals surface area contributed by atoms with Gasteiger partial charge in [-0.05, 0) is 47.8 Å². The van der Waals surface area contributed by atoms with Gasteiger partial charge in [0.1, 0.15) is 4.90 Å². The van der Waals surface area contributed by atoms with Crippen molar-refractivity contribution in [1.82, 2.24) is 9.29 Å². The number of hydrogen-bond acceptors (Lipinski definition) is 4. The summed E-state index contributed by atoms with van der Waals surface area (Å²) in [7, 11) is -3.47. The molecule has 0 radical (unpaired) electrons. The maximum atomic E-state index is 12.6. The summed E-state index contributed by atoms with van der Waals surface area (Å²) in [5, 5.41) is 0. The first-order valence-corrected chi connectivity index (χ1v) is 8.61. The van der Waals surface area contributed by atoms with Gasteiger partial charge < -0.3 is 5.73 Å². The van der Waals surface area contributed by atoms with Crippen LogP contribution >= 0.6 is 15.9 Å². The molecule has 19 heavy (non-hydrogen) atoms. The summed E-state index contributed by atoms with van der Waals surface area (Å²) in [5.74, 6) is 0. The first kappa shape index (κ1) is 14.9. The zero-order chi connectivity index (χ0) is 13.9. The molecule has 1 atom stereocenters. The van der Waals surface area contributed by atoms with Crippen molar-refractivity contribution < 1.29 is 8.42 Å². The maximum absolute atomic E-state index is 12.6. The number of sulfonamides is 1. The van der Waals surface area contributed by atoms with Crippen molar-refractivity contribution in [2.24, 2.45) is 5.73 Å². The second kappa shape index (κ2) is 6.30. The summed E-state index contributed by atoms with van der Waals surface area (Å²) in [6.07, 6.45) is 6.54. The highest BCUT2D eigenvalue weighted by atomic mass is 79.9. The van der Waals surface area contributed by atoms with Gasteiger partial charge in [-0.1, -0.05) is 6.42 Å². The van der Waals surface area contributed by atoms with Gasteiger partial charge in [0, 0.05) is 29.5 Å². The lowest BCUT2D eigenvalue weighted by Gasteiger charge is -2.34. The van der Waals surface area contributed by atoms with E-state index in [0.717, 1.165) is 19.3 Å². The van der Waals surface area contributed by atoms with E-state index in [-0.39, 0.29) is 10.9 Å². The van der Waals surface area contributed by atoms with Crippen LogP contribution in [0.25, 0.3) is 0 Å². The van der Waals surface area contributed by atoms with Crippen molar-refractivity contribution in [1.29, 1.82) is 0 Å². The second-order valence-electron chi connectivity index (χ2n) is 4.68. The van der Waals surface area contributed by atoms with E-state index in [1.807, 2.05) is 0 Å². The lowest BCUT2D eigenvalue weighted by molar-refractivity contribution is 0.243. The third-order valence-corrected chi connectivity index (χ3v) is 5.71. The van der Waals surface area contributed by atoms with Crippen LogP contribution in [0.1, 0.15) is 25.7 Å². The van der Waals surface area contributed by atoms with Crippen LogP contribution in [0.3, 0.4) is 0 Å². The standard InChI is InChI=1S/C12H18BrN3O2S/c13-10-7-12(9-15-8-10)19(17,18)16-6-2-1-3-11(16)4-5-14/h7-9,11H,1-6,14H2. The normalized spacial score (nSPS) is 21.5. The fourth-order valence-corrected chi connectivity index (χ4v) is 4.67. The number of hydrogen-bond donors (Lipinski definition) is 1. The number of piperidine rings is 1. The topological polar surface area (TPSA) is 76.3 Å². The SMILES string of the molecule is NCCC1CCCCN1S(=O)(=O)c1cncc(Br)c1. The van der Waals surface area contributed by atoms with E-state index in [1.54, 1.807) is 16.6 Å². The van der Waals surface area contributed by atoms with Crippen molar-refractivity contribution in [3.63, 3.8) is 0 Å². The Labute approximate surface area is 122 Å². The monoisotopic (exact) mass is 347 g/mol. The number of nitrogens with two attached hydrogens (primary N) is 1. The predicted molar refractivity (Wildman–Crippen MR) is 77.1 cm³/mol. The van der Waals surface area contributed by atoms with Gasteiger partial charge in [0.2, 0.25) is 10.0 Å². The van der Waals surface area contributed by atoms with Crippen LogP contribution in [0, 0.1) is 0 Å². The average molecular weight is 348 g/mol. The predicted octanol–water partition coefficient (Wildman–Crippen LogP) is 1.74. The van der Waals surface area contributed by atoms with Crippen LogP contribution < -0.4 is 5.73 Å². The molecule has 1 aromatic rings. The molecule has 0 saturated carbocycles. The van der Waals surface area contributed by atoms with Crippen molar-refractivity contribution in [3.05, 3.63) is 22.9 Å². The minimum atomic E-state index is -3.47. The largest absolute Gasteiger partial charge is 0.330 e. The fraction of sp³-hybridized carbons (Fsp3) is 0.583. The van der Waals surface area contributed by atoms with Crippen LogP contribution in [-0.2, 0) is 10.0 Å². The molecular formula is C12H18BrN3O2S. The van der Waals surface area contributed by atoms with E-state index >= 15 is 0 Å². The first-order chi connectivity index (χ1) is 9.05. The molecule has 0 spiro atoms. The number of halogens is 1. The van der Waals surface area contributed by atoms with Crippen molar-refractivity contribution in [3.8, 4) is 0 Å². The number of aromatic nitrogens is 1. The van der Waals surface area contributed by atoms with Crippen molar-refractivity contribution in [2.45, 2.75) is 36.6 Å². The van der Waals surface area contributed by atoms with E-state index in [2.05, 4.69) is 20.9 Å². The van der Waals surface area contributed by atoms with Crippen LogP contribution in [0.15, 0.2) is 27.8 Å². The Balaban J connectivity index is 2.31. The molecular weight excluding hydrogens is 330 g/mol. The molecule has 7 heteroatoms. The highest BCUT2D eigenvalue weighted by Crippen LogP contribution is 2.27. The van der Waals surface area contributed by atoms with Gasteiger partial charge >= 0.3 is 0 Å². The molecule has 2 heterocycles. The number of rotatable bonds is 4. The first-order valence-electron chi connectivity index (χ1n) is 6.38. The van der Waals surface area contributed by atoms with Crippen molar-refractivity contribution in [2.75, 3.05) is 13.1 Å². The molecule has 1 aromatic heterocycles. The third-order valence-electron chi connectivity index (χ3n) is 3.36. The summed E-state index contributed by atoms with van der Waals surface area (Å²) >= 11 is 3.26. The molecule has 0 aromatic carbocycles. The summed E-state index contributed by atoms with van der Waals surface area (Å²) in [6.45, 7) is 1.08. The molecule has 1 saturated heterocycles. The van der Waals surface area contributed by atoms with Gasteiger partial charge in [-0.2, -0.15) is 4.31 Å². The Morgan fingerprint density at radius 3 is 2.89 bits per heavy atom. The Hall–Kier alpha value is -0.500. The molecule has 1 aliphatic rings. The van der Waals surface area contributed by atoms with Crippen LogP contribution in [0.4, 0.5) is 0 Å². The zero-order valence-electron chi connectivity index (χ0n) is 10.6. The molecule has 0 bridgehead atoms. The van der Waals surface area contributed by atoms with Crippen molar-refractivity contribution >= 4 is 26.0 Å². The Kier molecular flexibility index (Phi) is 4.94. The smallest absolute Gasteiger partial charge is 0.244 e. The molecule has 1 aliphatic heterocycles. The van der Waals surface area contributed by atoms with Gasteiger partial charge in [0.05, 0.1) is 0 Å². The molecule has 1 fully saturated rings. The van der Waals surface area contributed by atoms with Crippen LogP contribution in [0.2, 0.25) is 0 Å². The van der Waals surface area contributed by atoms with E-state index in [9.17, 15) is 8.42 Å². The Morgan fingerprint density at radius 2 is 2.21 bits per heavy atom. The number of nitrogens with zero attached hydrogens (tertiary/aromatic N) is 2. The zero-order valence-corrected chi connectivity index (χ0v) is 13.0. The molecule has 0 amide bonds. The molecule has 106 valence electrons. The highest BCUT2D eigenvalue weighted by Gasteiger charge is 2.33. The van der Waals surface area contributed by atoms with E-state index in [0.29, 0.717) is 24.0 Å². The van der Waals surface area contributed by atoms with Gasteiger partial charge in [0.25, 0.3) is 0 Å². The summed E-state index contributed by atoms with van der Waals surface area (Å²) in [4.78, 5) is 4.18. The summed E-state index contributed by atoms with van der Waals surface area (Å²) in [5.41, 5.74) is 5.59. The summed E-state index contributed by atoms with van der Waals surface area (Å²) in [6, 6.07) is 1.61. The molecule has 0 aliphatic carbocycles. The molecule has 1 unspecified atom stereocenters. The van der Waals surface area contributed by atoms with E-state index in [4.69, 9.17) is 5.73 Å². The van der Waals surface area contributed by atoms with Crippen LogP contribution in [0.5, 0.6) is 0 Å². The molecule has 2 N–H and O–H groups in total. The minimum absolute atomic E-state index is 0.0164. The Morgan fingerprint density at radius 1 is 1.42 bits per heavy atom. The van der Waals surface area contributed by atoms with E-state index < -0.39 is 10.0 Å². The Bertz CT molecular complexity index is 534. The molecule has 5 nitrogen and oxygen atoms in total. The maximum Gasteiger partial charge on any atom is 0.244 e. The fourth-order valence-electron chi connectivity index (χ4n) is 2.44. The lowest BCUT2D eigenvalue weighted by atomic mass is 10.0. The van der Waals surface area contributed by atoms with Crippen LogP contribution in [-0.4, -0.2) is 36.8 Å². The van der Waals surface area contributed by atoms with Gasteiger partial charge in [-0.25, -0.2) is 8.42 Å². The second-order valence-corrected chi connectivity index (χ2v) is 7.49. The van der Waals surface area contributed by atoms with E-state index in [1.165, 1.54) is 6.20 Å². The number of pyridine rings is 1. The van der Waals surface area contributed by atoms with Gasteiger partial charge in [-0.15, -0.1) is 0 Å². The summed E-state index contributed by atoms with van der Waals surface area (Å²) < 4.78 is 27.6. The van der Waals surface area contributed by atoms with Gasteiger partial charge in [-0.3, -0.25) is 4.98 Å². The third kappa shape index (κ3) is 3.34. The van der Waals surface area contributed by atoms with Gasteiger partial charge in [0.15, 0.2) is 0 Å². The quantitative estimate of drug-likeness (QED) is 0.899.